The minimum Gasteiger partial charge on any atom is -0.351 e. The van der Waals surface area contributed by atoms with Crippen molar-refractivity contribution in [2.75, 3.05) is 0 Å². The molecule has 1 heterocycles. The zero-order chi connectivity index (χ0) is 14.5. The van der Waals surface area contributed by atoms with Crippen LogP contribution in [0.25, 0.3) is 10.9 Å². The second-order valence-corrected chi connectivity index (χ2v) is 5.45. The molecule has 3 N–H and O–H groups in total. The van der Waals surface area contributed by atoms with Gasteiger partial charge in [0.15, 0.2) is 0 Å². The first-order valence-electron chi connectivity index (χ1n) is 6.94. The molecule has 0 aliphatic carbocycles. The molecule has 4 heteroatoms. The van der Waals surface area contributed by atoms with Crippen LogP contribution in [0.3, 0.4) is 0 Å². The van der Waals surface area contributed by atoms with E-state index in [4.69, 9.17) is 5.73 Å². The SMILES string of the molecule is CC(C)CC(N)C(=O)NCc1cccc2cccnc12. The second kappa shape index (κ2) is 6.48. The number of rotatable bonds is 5. The van der Waals surface area contributed by atoms with Crippen LogP contribution < -0.4 is 11.1 Å². The highest BCUT2D eigenvalue weighted by Crippen LogP contribution is 2.15. The van der Waals surface area contributed by atoms with Gasteiger partial charge in [-0.3, -0.25) is 9.78 Å². The molecule has 0 spiro atoms. The van der Waals surface area contributed by atoms with Crippen LogP contribution in [-0.4, -0.2) is 16.9 Å². The van der Waals surface area contributed by atoms with Crippen LogP contribution in [0.4, 0.5) is 0 Å². The molecular weight excluding hydrogens is 250 g/mol. The number of carbonyl (C=O) groups is 1. The van der Waals surface area contributed by atoms with E-state index in [0.717, 1.165) is 16.5 Å². The average molecular weight is 271 g/mol. The Kier molecular flexibility index (Phi) is 4.69. The number of pyridine rings is 1. The highest BCUT2D eigenvalue weighted by atomic mass is 16.2. The van der Waals surface area contributed by atoms with Crippen molar-refractivity contribution in [2.24, 2.45) is 11.7 Å². The van der Waals surface area contributed by atoms with Crippen molar-refractivity contribution in [2.45, 2.75) is 32.9 Å². The van der Waals surface area contributed by atoms with Crippen molar-refractivity contribution >= 4 is 16.8 Å². The molecule has 2 aromatic rings. The summed E-state index contributed by atoms with van der Waals surface area (Å²) in [7, 11) is 0. The molecule has 0 radical (unpaired) electrons. The molecule has 4 nitrogen and oxygen atoms in total. The molecule has 20 heavy (non-hydrogen) atoms. The van der Waals surface area contributed by atoms with Gasteiger partial charge in [0.25, 0.3) is 0 Å². The summed E-state index contributed by atoms with van der Waals surface area (Å²) in [6.07, 6.45) is 2.46. The predicted octanol–water partition coefficient (Wildman–Crippen LogP) is 2.22. The molecule has 0 aliphatic rings. The van der Waals surface area contributed by atoms with Crippen molar-refractivity contribution < 1.29 is 4.79 Å². The maximum absolute atomic E-state index is 11.9. The molecule has 1 aromatic carbocycles. The minimum absolute atomic E-state index is 0.105. The third-order valence-electron chi connectivity index (χ3n) is 3.23. The monoisotopic (exact) mass is 271 g/mol. The van der Waals surface area contributed by atoms with Gasteiger partial charge in [0.1, 0.15) is 0 Å². The Bertz CT molecular complexity index is 590. The van der Waals surface area contributed by atoms with E-state index in [1.807, 2.05) is 30.3 Å². The number of fused-ring (bicyclic) bond motifs is 1. The minimum atomic E-state index is -0.446. The molecule has 106 valence electrons. The Morgan fingerprint density at radius 2 is 2.05 bits per heavy atom. The standard InChI is InChI=1S/C16H21N3O/c1-11(2)9-14(17)16(20)19-10-13-6-3-5-12-7-4-8-18-15(12)13/h3-8,11,14H,9-10,17H2,1-2H3,(H,19,20). The Morgan fingerprint density at radius 3 is 2.80 bits per heavy atom. The van der Waals surface area contributed by atoms with Crippen LogP contribution in [0.5, 0.6) is 0 Å². The van der Waals surface area contributed by atoms with Gasteiger partial charge in [-0.1, -0.05) is 38.1 Å². The molecule has 0 fully saturated rings. The summed E-state index contributed by atoms with van der Waals surface area (Å²) < 4.78 is 0. The van der Waals surface area contributed by atoms with E-state index in [1.54, 1.807) is 6.20 Å². The number of nitrogens with zero attached hydrogens (tertiary/aromatic N) is 1. The van der Waals surface area contributed by atoms with Gasteiger partial charge in [-0.15, -0.1) is 0 Å². The number of amides is 1. The van der Waals surface area contributed by atoms with Crippen molar-refractivity contribution in [1.82, 2.24) is 10.3 Å². The van der Waals surface area contributed by atoms with E-state index in [1.165, 1.54) is 0 Å². The number of nitrogens with two attached hydrogens (primary N) is 1. The molecule has 0 aliphatic heterocycles. The number of hydrogen-bond acceptors (Lipinski definition) is 3. The van der Waals surface area contributed by atoms with E-state index in [-0.39, 0.29) is 5.91 Å². The molecule has 1 atom stereocenters. The highest BCUT2D eigenvalue weighted by molar-refractivity contribution is 5.84. The van der Waals surface area contributed by atoms with Gasteiger partial charge < -0.3 is 11.1 Å². The Hall–Kier alpha value is -1.94. The average Bonchev–Trinajstić information content (AvgIpc) is 2.44. The predicted molar refractivity (Wildman–Crippen MR) is 81.0 cm³/mol. The maximum Gasteiger partial charge on any atom is 0.237 e. The summed E-state index contributed by atoms with van der Waals surface area (Å²) in [5.74, 6) is 0.307. The third kappa shape index (κ3) is 3.54. The van der Waals surface area contributed by atoms with Gasteiger partial charge in [0.2, 0.25) is 5.91 Å². The summed E-state index contributed by atoms with van der Waals surface area (Å²) in [6.45, 7) is 4.57. The van der Waals surface area contributed by atoms with E-state index >= 15 is 0 Å². The fraction of sp³-hybridized carbons (Fsp3) is 0.375. The summed E-state index contributed by atoms with van der Waals surface area (Å²) in [5, 5.41) is 3.97. The molecule has 1 amide bonds. The lowest BCUT2D eigenvalue weighted by Crippen LogP contribution is -2.41. The highest BCUT2D eigenvalue weighted by Gasteiger charge is 2.14. The number of aromatic nitrogens is 1. The van der Waals surface area contributed by atoms with Gasteiger partial charge in [-0.05, 0) is 24.0 Å². The van der Waals surface area contributed by atoms with Crippen molar-refractivity contribution in [3.8, 4) is 0 Å². The largest absolute Gasteiger partial charge is 0.351 e. The van der Waals surface area contributed by atoms with E-state index < -0.39 is 6.04 Å². The maximum atomic E-state index is 11.9. The lowest BCUT2D eigenvalue weighted by atomic mass is 10.0. The summed E-state index contributed by atoms with van der Waals surface area (Å²) in [4.78, 5) is 16.3. The first kappa shape index (κ1) is 14.5. The normalized spacial score (nSPS) is 12.6. The zero-order valence-electron chi connectivity index (χ0n) is 12.0. The molecule has 1 aromatic heterocycles. The first-order valence-corrected chi connectivity index (χ1v) is 6.94. The Balaban J connectivity index is 2.04. The quantitative estimate of drug-likeness (QED) is 0.876. The summed E-state index contributed by atoms with van der Waals surface area (Å²) in [5.41, 5.74) is 7.80. The number of carbonyl (C=O) groups excluding carboxylic acids is 1. The number of benzene rings is 1. The van der Waals surface area contributed by atoms with Crippen LogP contribution in [0, 0.1) is 5.92 Å². The van der Waals surface area contributed by atoms with E-state index in [9.17, 15) is 4.79 Å². The van der Waals surface area contributed by atoms with E-state index in [0.29, 0.717) is 18.9 Å². The summed E-state index contributed by atoms with van der Waals surface area (Å²) in [6, 6.07) is 9.43. The van der Waals surface area contributed by atoms with Gasteiger partial charge >= 0.3 is 0 Å². The van der Waals surface area contributed by atoms with Crippen LogP contribution in [-0.2, 0) is 11.3 Å². The zero-order valence-corrected chi connectivity index (χ0v) is 12.0. The van der Waals surface area contributed by atoms with Gasteiger partial charge in [0, 0.05) is 18.1 Å². The fourth-order valence-electron chi connectivity index (χ4n) is 2.24. The summed E-state index contributed by atoms with van der Waals surface area (Å²) >= 11 is 0. The molecular formula is C16H21N3O. The van der Waals surface area contributed by atoms with Crippen molar-refractivity contribution in [3.63, 3.8) is 0 Å². The Morgan fingerprint density at radius 1 is 1.30 bits per heavy atom. The topological polar surface area (TPSA) is 68.0 Å². The molecule has 0 saturated carbocycles. The smallest absolute Gasteiger partial charge is 0.237 e. The van der Waals surface area contributed by atoms with Crippen LogP contribution in [0.1, 0.15) is 25.8 Å². The Labute approximate surface area is 119 Å². The van der Waals surface area contributed by atoms with Crippen LogP contribution in [0.15, 0.2) is 36.5 Å². The number of para-hydroxylation sites is 1. The fourth-order valence-corrected chi connectivity index (χ4v) is 2.24. The third-order valence-corrected chi connectivity index (χ3v) is 3.23. The van der Waals surface area contributed by atoms with Crippen molar-refractivity contribution in [3.05, 3.63) is 42.1 Å². The molecule has 0 saturated heterocycles. The second-order valence-electron chi connectivity index (χ2n) is 5.45. The lowest BCUT2D eigenvalue weighted by Gasteiger charge is -2.14. The van der Waals surface area contributed by atoms with Crippen LogP contribution >= 0.6 is 0 Å². The van der Waals surface area contributed by atoms with Gasteiger partial charge in [0.05, 0.1) is 11.6 Å². The lowest BCUT2D eigenvalue weighted by molar-refractivity contribution is -0.122. The van der Waals surface area contributed by atoms with Gasteiger partial charge in [-0.25, -0.2) is 0 Å². The number of hydrogen-bond donors (Lipinski definition) is 2. The molecule has 2 rings (SSSR count). The van der Waals surface area contributed by atoms with Crippen molar-refractivity contribution in [1.29, 1.82) is 0 Å². The van der Waals surface area contributed by atoms with Crippen LogP contribution in [0.2, 0.25) is 0 Å². The number of nitrogens with one attached hydrogen (secondary N) is 1. The van der Waals surface area contributed by atoms with Gasteiger partial charge in [-0.2, -0.15) is 0 Å². The van der Waals surface area contributed by atoms with E-state index in [2.05, 4.69) is 24.1 Å². The first-order chi connectivity index (χ1) is 9.58. The molecule has 1 unspecified atom stereocenters. The molecule has 0 bridgehead atoms.